The Bertz CT molecular complexity index is 6700. The molecular formula is C100H90Cl5N15O12S. The molecule has 8 aromatic carbocycles. The molecule has 14 aromatic rings. The summed E-state index contributed by atoms with van der Waals surface area (Å²) in [6.07, 6.45) is 9.13. The van der Waals surface area contributed by atoms with E-state index in [1.807, 2.05) is 218 Å². The largest absolute Gasteiger partial charge is 0.497 e. The summed E-state index contributed by atoms with van der Waals surface area (Å²) in [5.74, 6) is 0.603. The van der Waals surface area contributed by atoms with E-state index < -0.39 is 17.9 Å². The second kappa shape index (κ2) is 43.7. The zero-order valence-electron chi connectivity index (χ0n) is 72.8. The molecule has 0 radical (unpaired) electrons. The maximum atomic E-state index is 13.1. The summed E-state index contributed by atoms with van der Waals surface area (Å²) >= 11 is 34.0. The molecule has 5 aliphatic rings. The Morgan fingerprint density at radius 1 is 0.323 bits per heavy atom. The van der Waals surface area contributed by atoms with Crippen LogP contribution >= 0.6 is 69.3 Å². The van der Waals surface area contributed by atoms with Crippen molar-refractivity contribution in [1.82, 2.24) is 51.0 Å². The Labute approximate surface area is 794 Å². The second-order valence-electron chi connectivity index (χ2n) is 30.1. The molecule has 0 bridgehead atoms. The van der Waals surface area contributed by atoms with Crippen molar-refractivity contribution in [2.45, 2.75) is 63.7 Å². The summed E-state index contributed by atoms with van der Waals surface area (Å²) in [4.78, 5) is 65.5. The number of ether oxygens (including phenoxy) is 7. The van der Waals surface area contributed by atoms with Crippen molar-refractivity contribution in [3.8, 4) is 5.75 Å². The topological polar surface area (TPSA) is 354 Å². The number of anilines is 5. The number of nitrogens with zero attached hydrogens (tertiary/aromatic N) is 5. The van der Waals surface area contributed by atoms with Gasteiger partial charge < -0.3 is 59.7 Å². The van der Waals surface area contributed by atoms with E-state index in [2.05, 4.69) is 77.6 Å². The third-order valence-corrected chi connectivity index (χ3v) is 24.9. The van der Waals surface area contributed by atoms with Crippen molar-refractivity contribution in [3.63, 3.8) is 0 Å². The Kier molecular flexibility index (Phi) is 30.7. The Hall–Kier alpha value is -14.2. The molecule has 5 unspecified atom stereocenters. The Morgan fingerprint density at radius 2 is 0.632 bits per heavy atom. The second-order valence-corrected chi connectivity index (χ2v) is 33.1. The van der Waals surface area contributed by atoms with Gasteiger partial charge in [-0.25, -0.2) is 24.0 Å². The number of halogens is 5. The summed E-state index contributed by atoms with van der Waals surface area (Å²) < 4.78 is 37.1. The van der Waals surface area contributed by atoms with Gasteiger partial charge in [-0.15, -0.1) is 11.3 Å². The van der Waals surface area contributed by atoms with Crippen LogP contribution in [0.2, 0.25) is 25.1 Å². The predicted molar refractivity (Wildman–Crippen MR) is 517 cm³/mol. The fourth-order valence-electron chi connectivity index (χ4n) is 16.5. The standard InChI is InChI=1S/C22H20ClN3O3.C22H20ClN3O2.C21H18ClN3O2.C19H16ClN3O2S.C16H16ClN3O3/c1-3-29-22(27)19-18(15-6-4-5-7-17(15)23)16-12-24-26-21(16)25-20(19)13-8-10-14(28-2)11-9-13;1-2-28-22(27)20-18(12-14-8-4-3-5-9-14)25-21-16(13-24-26-21)19(20)15-10-6-7-11-17(15)23;1-2-27-21(26)18-17(14-10-6-7-11-16(14)22)15-12-23-25-20(15)24-19(18)13-8-4-3-5-9-13;1-2-25-19(24)16-15(11-6-3-4-7-13(11)20)12-10-21-23-18(12)22-17(16)14-8-5-9-26-14;1-22-8-12-14(16(21)23-2)13(9-5-3-4-6-11(9)17)10-7-18-20-15(10)19-12/h4-12,18H,3H2,1-2H3,(H2,24,25,26);3-11,13,19H,2,12H2,1H3,(H2,24,25,26);3-12,17H,2H2,1H3,(H2,23,24,25);3-10,15H,2H2,1H3,(H2,21,22,23);3-7,13H,8H2,1-2H3,(H2,18,19,20). The first-order valence-electron chi connectivity index (χ1n) is 42.4. The number of fused-ring (bicyclic) bond motifs is 5. The summed E-state index contributed by atoms with van der Waals surface area (Å²) in [5, 5.41) is 56.9. The van der Waals surface area contributed by atoms with Crippen LogP contribution in [0.4, 0.5) is 29.1 Å². The van der Waals surface area contributed by atoms with Crippen LogP contribution in [0.25, 0.3) is 17.1 Å². The van der Waals surface area contributed by atoms with Gasteiger partial charge in [-0.3, -0.25) is 25.5 Å². The van der Waals surface area contributed by atoms with Crippen LogP contribution in [0.3, 0.4) is 0 Å². The van der Waals surface area contributed by atoms with Crippen LogP contribution in [0.1, 0.15) is 134 Å². The van der Waals surface area contributed by atoms with Crippen LogP contribution in [0.15, 0.2) is 294 Å². The van der Waals surface area contributed by atoms with Gasteiger partial charge >= 0.3 is 29.8 Å². The number of thiophene rings is 1. The maximum Gasteiger partial charge on any atom is 0.337 e. The zero-order valence-corrected chi connectivity index (χ0v) is 77.4. The van der Waals surface area contributed by atoms with Crippen LogP contribution < -0.4 is 31.3 Å². The number of esters is 5. The number of hydrogen-bond donors (Lipinski definition) is 10. The molecule has 0 spiro atoms. The van der Waals surface area contributed by atoms with Gasteiger partial charge in [0.25, 0.3) is 0 Å². The third-order valence-electron chi connectivity index (χ3n) is 22.3. The number of hydrogen-bond acceptors (Lipinski definition) is 23. The minimum atomic E-state index is -0.429. The molecule has 0 saturated heterocycles. The molecule has 0 saturated carbocycles. The van der Waals surface area contributed by atoms with Gasteiger partial charge in [-0.1, -0.05) is 216 Å². The number of carbonyl (C=O) groups excluding carboxylic acids is 5. The minimum Gasteiger partial charge on any atom is -0.497 e. The average molecular weight is 1900 g/mol. The first-order valence-corrected chi connectivity index (χ1v) is 45.1. The summed E-state index contributed by atoms with van der Waals surface area (Å²) in [5.41, 5.74) is 17.2. The molecule has 33 heteroatoms. The van der Waals surface area contributed by atoms with Gasteiger partial charge in [-0.05, 0) is 138 Å². The Balaban J connectivity index is 0.000000127. The number of rotatable bonds is 22. The molecule has 133 heavy (non-hydrogen) atoms. The number of benzene rings is 8. The van der Waals surface area contributed by atoms with Crippen LogP contribution in [-0.4, -0.2) is 135 Å². The SMILES string of the molecule is CCOC(=O)C1=C(Cc2ccccc2)Nc2[nH]ncc2C1c1ccccc1Cl.CCOC(=O)C1=C(c2ccc(OC)cc2)Nc2[nH]ncc2C1c1ccccc1Cl.CCOC(=O)C1=C(c2ccccc2)Nc2[nH]ncc2C1c1ccccc1Cl.CCOC(=O)C1=C(c2cccs2)Nc2[nH]ncc2C1c1ccccc1Cl.COCC1=C(C(=O)OC)C(c2ccccc2Cl)c2cn[nH]c2N1. The van der Waals surface area contributed by atoms with E-state index in [4.69, 9.17) is 91.2 Å². The first kappa shape index (κ1) is 93.4. The molecule has 11 heterocycles. The molecule has 27 nitrogen and oxygen atoms in total. The van der Waals surface area contributed by atoms with E-state index in [1.54, 1.807) is 90.3 Å². The van der Waals surface area contributed by atoms with Crippen LogP contribution in [0, 0.1) is 0 Å². The number of methoxy groups -OCH3 is 3. The zero-order chi connectivity index (χ0) is 93.2. The van der Waals surface area contributed by atoms with Crippen LogP contribution in [-0.2, 0) is 58.8 Å². The van der Waals surface area contributed by atoms with E-state index in [0.29, 0.717) is 95.5 Å². The van der Waals surface area contributed by atoms with Gasteiger partial charge in [0.05, 0.1) is 134 Å². The van der Waals surface area contributed by atoms with Crippen molar-refractivity contribution < 1.29 is 57.1 Å². The molecule has 0 fully saturated rings. The lowest BCUT2D eigenvalue weighted by molar-refractivity contribution is -0.139. The molecule has 5 atom stereocenters. The van der Waals surface area contributed by atoms with Gasteiger partial charge in [0.2, 0.25) is 0 Å². The van der Waals surface area contributed by atoms with Crippen molar-refractivity contribution in [1.29, 1.82) is 0 Å². The highest BCUT2D eigenvalue weighted by Crippen LogP contribution is 2.52. The predicted octanol–water partition coefficient (Wildman–Crippen LogP) is 21.2. The maximum absolute atomic E-state index is 13.1. The number of nitrogens with one attached hydrogen (secondary N) is 10. The van der Waals surface area contributed by atoms with Gasteiger partial charge in [0, 0.05) is 102 Å². The molecule has 5 aliphatic heterocycles. The number of aromatic nitrogens is 10. The average Bonchev–Trinajstić information content (AvgIpc) is 1.73. The van der Waals surface area contributed by atoms with Crippen molar-refractivity contribution in [2.24, 2.45) is 0 Å². The minimum absolute atomic E-state index is 0.240. The third kappa shape index (κ3) is 20.3. The Morgan fingerprint density at radius 3 is 0.970 bits per heavy atom. The number of allylic oxidation sites excluding steroid dienone is 1. The number of aromatic amines is 5. The molecular weight excluding hydrogens is 1810 g/mol. The molecule has 10 N–H and O–H groups in total. The highest BCUT2D eigenvalue weighted by Gasteiger charge is 2.43. The van der Waals surface area contributed by atoms with E-state index in [-0.39, 0.29) is 61.4 Å². The van der Waals surface area contributed by atoms with Gasteiger partial charge in [0.1, 0.15) is 34.8 Å². The molecule has 0 amide bonds. The fourth-order valence-corrected chi connectivity index (χ4v) is 18.5. The molecule has 19 rings (SSSR count). The van der Waals surface area contributed by atoms with E-state index in [1.165, 1.54) is 7.11 Å². The highest BCUT2D eigenvalue weighted by atomic mass is 35.5. The van der Waals surface area contributed by atoms with E-state index >= 15 is 0 Å². The summed E-state index contributed by atoms with van der Waals surface area (Å²) in [6.45, 7) is 8.59. The smallest absolute Gasteiger partial charge is 0.337 e. The van der Waals surface area contributed by atoms with Crippen molar-refractivity contribution in [3.05, 3.63) is 396 Å². The van der Waals surface area contributed by atoms with Crippen molar-refractivity contribution in [2.75, 3.05) is 80.9 Å². The van der Waals surface area contributed by atoms with Gasteiger partial charge in [0.15, 0.2) is 0 Å². The lowest BCUT2D eigenvalue weighted by Gasteiger charge is -2.29. The highest BCUT2D eigenvalue weighted by molar-refractivity contribution is 7.11. The molecule has 0 aliphatic carbocycles. The molecule has 678 valence electrons. The molecule has 6 aromatic heterocycles. The van der Waals surface area contributed by atoms with Crippen LogP contribution in [0.5, 0.6) is 5.75 Å². The lowest BCUT2D eigenvalue weighted by atomic mass is 9.81. The summed E-state index contributed by atoms with van der Waals surface area (Å²) in [7, 11) is 4.53. The van der Waals surface area contributed by atoms with Gasteiger partial charge in [-0.2, -0.15) is 25.5 Å². The monoisotopic (exact) mass is 1900 g/mol. The number of H-pyrrole nitrogens is 5. The number of carbonyl (C=O) groups is 5. The lowest BCUT2D eigenvalue weighted by Crippen LogP contribution is -2.26. The normalized spacial score (nSPS) is 16.0. The van der Waals surface area contributed by atoms with Crippen molar-refractivity contribution >= 4 is 145 Å². The fraction of sp³-hybridized carbons (Fsp3) is 0.180. The van der Waals surface area contributed by atoms with E-state index in [9.17, 15) is 24.0 Å². The first-order chi connectivity index (χ1) is 64.9. The summed E-state index contributed by atoms with van der Waals surface area (Å²) in [6, 6.07) is 68.6. The quantitative estimate of drug-likeness (QED) is 0.0222. The van der Waals surface area contributed by atoms with E-state index in [0.717, 1.165) is 118 Å².